The summed E-state index contributed by atoms with van der Waals surface area (Å²) in [6.45, 7) is 11.0. The van der Waals surface area contributed by atoms with Crippen LogP contribution in [0.2, 0.25) is 0 Å². The third-order valence-corrected chi connectivity index (χ3v) is 4.31. The Hall–Kier alpha value is -0.860. The Labute approximate surface area is 130 Å². The van der Waals surface area contributed by atoms with Crippen LogP contribution in [0.25, 0.3) is 0 Å². The fourth-order valence-electron chi connectivity index (χ4n) is 3.04. The molecule has 2 atom stereocenters. The highest BCUT2D eigenvalue weighted by molar-refractivity contribution is 5.26. The van der Waals surface area contributed by atoms with E-state index in [2.05, 4.69) is 57.3 Å². The van der Waals surface area contributed by atoms with E-state index in [0.29, 0.717) is 12.0 Å². The predicted octanol–water partition coefficient (Wildman–Crippen LogP) is 4.11. The van der Waals surface area contributed by atoms with Crippen molar-refractivity contribution in [2.75, 3.05) is 13.2 Å². The number of hydrogen-bond donors (Lipinski definition) is 1. The van der Waals surface area contributed by atoms with Crippen molar-refractivity contribution < 1.29 is 4.74 Å². The lowest BCUT2D eigenvalue weighted by atomic mass is 9.90. The molecule has 1 aromatic carbocycles. The zero-order valence-electron chi connectivity index (χ0n) is 14.1. The van der Waals surface area contributed by atoms with E-state index in [1.807, 2.05) is 0 Å². The Morgan fingerprint density at radius 2 is 2.05 bits per heavy atom. The molecule has 1 aliphatic rings. The topological polar surface area (TPSA) is 21.3 Å². The van der Waals surface area contributed by atoms with E-state index < -0.39 is 0 Å². The highest BCUT2D eigenvalue weighted by Gasteiger charge is 2.22. The van der Waals surface area contributed by atoms with E-state index in [9.17, 15) is 0 Å². The molecular weight excluding hydrogens is 258 g/mol. The first-order chi connectivity index (χ1) is 9.94. The summed E-state index contributed by atoms with van der Waals surface area (Å²) in [7, 11) is 0. The van der Waals surface area contributed by atoms with Crippen molar-refractivity contribution in [3.05, 3.63) is 35.4 Å². The van der Waals surface area contributed by atoms with Gasteiger partial charge in [0.05, 0.1) is 6.10 Å². The van der Waals surface area contributed by atoms with E-state index in [-0.39, 0.29) is 5.54 Å². The third-order valence-electron chi connectivity index (χ3n) is 4.31. The van der Waals surface area contributed by atoms with Crippen LogP contribution in [-0.2, 0) is 11.2 Å². The fraction of sp³-hybridized carbons (Fsp3) is 0.684. The lowest BCUT2D eigenvalue weighted by molar-refractivity contribution is 0.0881. The van der Waals surface area contributed by atoms with Crippen molar-refractivity contribution in [3.8, 4) is 0 Å². The molecular formula is C19H31NO. The molecule has 0 aliphatic carbocycles. The summed E-state index contributed by atoms with van der Waals surface area (Å²) in [5.41, 5.74) is 3.07. The minimum Gasteiger partial charge on any atom is -0.378 e. The quantitative estimate of drug-likeness (QED) is 0.851. The smallest absolute Gasteiger partial charge is 0.0579 e. The highest BCUT2D eigenvalue weighted by Crippen LogP contribution is 2.23. The van der Waals surface area contributed by atoms with Gasteiger partial charge in [0.15, 0.2) is 0 Å². The molecule has 2 nitrogen and oxygen atoms in total. The molecule has 0 bridgehead atoms. The maximum Gasteiger partial charge on any atom is 0.0579 e. The fourth-order valence-corrected chi connectivity index (χ4v) is 3.04. The molecule has 118 valence electrons. The standard InChI is InChI=1S/C19H31NO/c1-15-8-5-6-9-17(15)12-16(14-20-19(2,3)4)13-18-10-7-11-21-18/h5-6,8-9,16,18,20H,7,10-14H2,1-4H3. The molecule has 1 saturated heterocycles. The van der Waals surface area contributed by atoms with E-state index in [0.717, 1.165) is 19.6 Å². The van der Waals surface area contributed by atoms with Crippen molar-refractivity contribution in [1.82, 2.24) is 5.32 Å². The zero-order valence-corrected chi connectivity index (χ0v) is 14.1. The Balaban J connectivity index is 1.98. The van der Waals surface area contributed by atoms with Crippen molar-refractivity contribution in [2.24, 2.45) is 5.92 Å². The molecule has 0 amide bonds. The minimum atomic E-state index is 0.181. The van der Waals surface area contributed by atoms with Crippen molar-refractivity contribution in [2.45, 2.75) is 65.0 Å². The molecule has 0 aromatic heterocycles. The van der Waals surface area contributed by atoms with Crippen LogP contribution in [0.15, 0.2) is 24.3 Å². The molecule has 1 fully saturated rings. The largest absolute Gasteiger partial charge is 0.378 e. The number of benzene rings is 1. The molecule has 0 radical (unpaired) electrons. The number of nitrogens with one attached hydrogen (secondary N) is 1. The van der Waals surface area contributed by atoms with Gasteiger partial charge in [0.1, 0.15) is 0 Å². The molecule has 0 saturated carbocycles. The number of rotatable bonds is 6. The van der Waals surface area contributed by atoms with Gasteiger partial charge in [0, 0.05) is 12.1 Å². The number of aryl methyl sites for hydroxylation is 1. The van der Waals surface area contributed by atoms with Gasteiger partial charge in [-0.2, -0.15) is 0 Å². The van der Waals surface area contributed by atoms with E-state index >= 15 is 0 Å². The van der Waals surface area contributed by atoms with Gasteiger partial charge in [0.25, 0.3) is 0 Å². The average Bonchev–Trinajstić information content (AvgIpc) is 2.90. The van der Waals surface area contributed by atoms with Crippen molar-refractivity contribution in [3.63, 3.8) is 0 Å². The second-order valence-electron chi connectivity index (χ2n) is 7.50. The van der Waals surface area contributed by atoms with Crippen LogP contribution in [-0.4, -0.2) is 24.8 Å². The lowest BCUT2D eigenvalue weighted by Gasteiger charge is -2.27. The van der Waals surface area contributed by atoms with E-state index in [1.165, 1.54) is 30.4 Å². The van der Waals surface area contributed by atoms with Crippen LogP contribution in [0, 0.1) is 12.8 Å². The van der Waals surface area contributed by atoms with Gasteiger partial charge in [-0.1, -0.05) is 24.3 Å². The molecule has 2 heteroatoms. The van der Waals surface area contributed by atoms with E-state index in [1.54, 1.807) is 0 Å². The number of hydrogen-bond acceptors (Lipinski definition) is 2. The summed E-state index contributed by atoms with van der Waals surface area (Å²) in [5.74, 6) is 0.647. The first-order valence-electron chi connectivity index (χ1n) is 8.35. The van der Waals surface area contributed by atoms with Crippen molar-refractivity contribution >= 4 is 0 Å². The molecule has 0 spiro atoms. The first-order valence-corrected chi connectivity index (χ1v) is 8.35. The van der Waals surface area contributed by atoms with Crippen LogP contribution in [0.3, 0.4) is 0 Å². The Bertz CT molecular complexity index is 429. The molecule has 1 aliphatic heterocycles. The Morgan fingerprint density at radius 3 is 2.67 bits per heavy atom. The molecule has 21 heavy (non-hydrogen) atoms. The summed E-state index contributed by atoms with van der Waals surface area (Å²) in [6, 6.07) is 8.77. The van der Waals surface area contributed by atoms with Gasteiger partial charge in [-0.15, -0.1) is 0 Å². The molecule has 1 N–H and O–H groups in total. The van der Waals surface area contributed by atoms with Crippen LogP contribution in [0.1, 0.15) is 51.2 Å². The molecule has 2 rings (SSSR count). The van der Waals surface area contributed by atoms with Crippen LogP contribution >= 0.6 is 0 Å². The Morgan fingerprint density at radius 1 is 1.29 bits per heavy atom. The molecule has 1 aromatic rings. The molecule has 2 unspecified atom stereocenters. The van der Waals surface area contributed by atoms with Gasteiger partial charge in [-0.25, -0.2) is 0 Å². The van der Waals surface area contributed by atoms with Crippen LogP contribution in [0.5, 0.6) is 0 Å². The van der Waals surface area contributed by atoms with Gasteiger partial charge in [-0.05, 0) is 77.0 Å². The summed E-state index contributed by atoms with van der Waals surface area (Å²) in [6.07, 6.45) is 5.27. The monoisotopic (exact) mass is 289 g/mol. The lowest BCUT2D eigenvalue weighted by Crippen LogP contribution is -2.40. The first kappa shape index (κ1) is 16.5. The minimum absolute atomic E-state index is 0.181. The van der Waals surface area contributed by atoms with E-state index in [4.69, 9.17) is 4.74 Å². The van der Waals surface area contributed by atoms with Crippen LogP contribution in [0.4, 0.5) is 0 Å². The second-order valence-corrected chi connectivity index (χ2v) is 7.50. The van der Waals surface area contributed by atoms with Gasteiger partial charge >= 0.3 is 0 Å². The van der Waals surface area contributed by atoms with Gasteiger partial charge < -0.3 is 10.1 Å². The number of ether oxygens (including phenoxy) is 1. The van der Waals surface area contributed by atoms with Crippen LogP contribution < -0.4 is 5.32 Å². The normalized spacial score (nSPS) is 20.7. The second kappa shape index (κ2) is 7.42. The SMILES string of the molecule is Cc1ccccc1CC(CNC(C)(C)C)CC1CCCO1. The molecule has 1 heterocycles. The maximum absolute atomic E-state index is 5.86. The average molecular weight is 289 g/mol. The van der Waals surface area contributed by atoms with Crippen molar-refractivity contribution in [1.29, 1.82) is 0 Å². The Kier molecular flexibility index (Phi) is 5.83. The summed E-state index contributed by atoms with van der Waals surface area (Å²) < 4.78 is 5.86. The summed E-state index contributed by atoms with van der Waals surface area (Å²) in [5, 5.41) is 3.68. The zero-order chi connectivity index (χ0) is 15.3. The summed E-state index contributed by atoms with van der Waals surface area (Å²) in [4.78, 5) is 0. The van der Waals surface area contributed by atoms with Gasteiger partial charge in [-0.3, -0.25) is 0 Å². The highest BCUT2D eigenvalue weighted by atomic mass is 16.5. The maximum atomic E-state index is 5.86. The third kappa shape index (κ3) is 5.80. The summed E-state index contributed by atoms with van der Waals surface area (Å²) >= 11 is 0. The van der Waals surface area contributed by atoms with Gasteiger partial charge in [0.2, 0.25) is 0 Å². The predicted molar refractivity (Wildman–Crippen MR) is 89.7 cm³/mol.